The van der Waals surface area contributed by atoms with Crippen molar-refractivity contribution in [1.82, 2.24) is 0 Å². The van der Waals surface area contributed by atoms with Crippen LogP contribution in [0.25, 0.3) is 0 Å². The van der Waals surface area contributed by atoms with Gasteiger partial charge in [0, 0.05) is 0 Å². The van der Waals surface area contributed by atoms with Crippen molar-refractivity contribution in [2.45, 2.75) is 52.6 Å². The van der Waals surface area contributed by atoms with Gasteiger partial charge in [-0.25, -0.2) is 4.79 Å². The molecule has 2 nitrogen and oxygen atoms in total. The summed E-state index contributed by atoms with van der Waals surface area (Å²) in [7, 11) is 0. The molecule has 0 N–H and O–H groups in total. The third-order valence-electron chi connectivity index (χ3n) is 1.94. The van der Waals surface area contributed by atoms with Crippen molar-refractivity contribution in [1.29, 1.82) is 0 Å². The third kappa shape index (κ3) is 5.16. The van der Waals surface area contributed by atoms with Crippen LogP contribution >= 0.6 is 0 Å². The molecule has 2 heteroatoms. The topological polar surface area (TPSA) is 26.3 Å². The molecule has 0 aromatic rings. The van der Waals surface area contributed by atoms with Gasteiger partial charge in [-0.2, -0.15) is 0 Å². The van der Waals surface area contributed by atoms with E-state index in [0.29, 0.717) is 5.92 Å². The van der Waals surface area contributed by atoms with Crippen molar-refractivity contribution in [2.24, 2.45) is 5.92 Å². The van der Waals surface area contributed by atoms with Crippen LogP contribution in [0.3, 0.4) is 0 Å². The van der Waals surface area contributed by atoms with Gasteiger partial charge in [0.25, 0.3) is 0 Å². The Labute approximate surface area is 75.3 Å². The highest BCUT2D eigenvalue weighted by Crippen LogP contribution is 2.22. The largest absolute Gasteiger partial charge is 0.451 e. The predicted molar refractivity (Wildman–Crippen MR) is 49.5 cm³/mol. The van der Waals surface area contributed by atoms with Crippen LogP contribution in [0.5, 0.6) is 0 Å². The van der Waals surface area contributed by atoms with Crippen LogP contribution in [0, 0.1) is 5.92 Å². The summed E-state index contributed by atoms with van der Waals surface area (Å²) < 4.78 is 4.84. The lowest BCUT2D eigenvalue weighted by Crippen LogP contribution is -2.26. The first-order chi connectivity index (χ1) is 5.52. The van der Waals surface area contributed by atoms with E-state index < -0.39 is 0 Å². The number of hydrogen-bond acceptors (Lipinski definition) is 2. The second-order valence-corrected chi connectivity index (χ2v) is 4.04. The molecule has 0 spiro atoms. The molecule has 0 aromatic carbocycles. The van der Waals surface area contributed by atoms with Crippen molar-refractivity contribution >= 4 is 6.47 Å². The Hall–Kier alpha value is -0.530. The lowest BCUT2D eigenvalue weighted by molar-refractivity contribution is 0.0634. The van der Waals surface area contributed by atoms with E-state index in [4.69, 9.17) is 4.74 Å². The van der Waals surface area contributed by atoms with Gasteiger partial charge in [0.2, 0.25) is 0 Å². The van der Waals surface area contributed by atoms with E-state index in [1.165, 1.54) is 19.3 Å². The SMILES string of the molecule is CCCC(C)CC(C)(C)O[C]=O. The van der Waals surface area contributed by atoms with Gasteiger partial charge in [-0.15, -0.1) is 0 Å². The summed E-state index contributed by atoms with van der Waals surface area (Å²) >= 11 is 0. The monoisotopic (exact) mass is 171 g/mol. The maximum absolute atomic E-state index is 10.0. The summed E-state index contributed by atoms with van der Waals surface area (Å²) in [5, 5.41) is 0. The molecule has 0 aliphatic heterocycles. The molecule has 0 saturated carbocycles. The van der Waals surface area contributed by atoms with Crippen LogP contribution in [-0.2, 0) is 9.53 Å². The van der Waals surface area contributed by atoms with Crippen LogP contribution in [-0.4, -0.2) is 12.1 Å². The van der Waals surface area contributed by atoms with E-state index in [1.54, 1.807) is 0 Å². The van der Waals surface area contributed by atoms with Crippen LogP contribution < -0.4 is 0 Å². The van der Waals surface area contributed by atoms with Gasteiger partial charge in [-0.05, 0) is 26.2 Å². The molecule has 0 rings (SSSR count). The molecule has 71 valence electrons. The molecule has 1 unspecified atom stereocenters. The van der Waals surface area contributed by atoms with Gasteiger partial charge in [-0.3, -0.25) is 0 Å². The van der Waals surface area contributed by atoms with Crippen LogP contribution in [0.4, 0.5) is 0 Å². The molecule has 1 radical (unpaired) electrons. The maximum Gasteiger partial charge on any atom is 0.418 e. The number of hydrogen-bond donors (Lipinski definition) is 0. The van der Waals surface area contributed by atoms with Gasteiger partial charge in [0.15, 0.2) is 0 Å². The smallest absolute Gasteiger partial charge is 0.418 e. The maximum atomic E-state index is 10.0. The van der Waals surface area contributed by atoms with E-state index in [-0.39, 0.29) is 5.60 Å². The standard InChI is InChI=1S/C10H19O2/c1-5-6-9(2)7-10(3,4)12-8-11/h9H,5-7H2,1-4H3. The van der Waals surface area contributed by atoms with E-state index in [1.807, 2.05) is 13.8 Å². The first-order valence-corrected chi connectivity index (χ1v) is 4.57. The fourth-order valence-electron chi connectivity index (χ4n) is 1.59. The van der Waals surface area contributed by atoms with Gasteiger partial charge < -0.3 is 4.74 Å². The number of carbonyl (C=O) groups excluding carboxylic acids is 1. The Morgan fingerprint density at radius 3 is 2.50 bits per heavy atom. The number of ether oxygens (including phenoxy) is 1. The average molecular weight is 171 g/mol. The molecule has 0 heterocycles. The molecular weight excluding hydrogens is 152 g/mol. The molecular formula is C10H19O2. The number of rotatable bonds is 6. The van der Waals surface area contributed by atoms with Gasteiger partial charge >= 0.3 is 6.47 Å². The normalized spacial score (nSPS) is 14.0. The minimum Gasteiger partial charge on any atom is -0.451 e. The van der Waals surface area contributed by atoms with Gasteiger partial charge in [-0.1, -0.05) is 26.7 Å². The molecule has 1 atom stereocenters. The first kappa shape index (κ1) is 11.5. The Balaban J connectivity index is 3.78. The Morgan fingerprint density at radius 2 is 2.08 bits per heavy atom. The lowest BCUT2D eigenvalue weighted by atomic mass is 9.92. The second kappa shape index (κ2) is 5.18. The predicted octanol–water partition coefficient (Wildman–Crippen LogP) is 2.68. The third-order valence-corrected chi connectivity index (χ3v) is 1.94. The van der Waals surface area contributed by atoms with Crippen LogP contribution in [0.1, 0.15) is 47.0 Å². The molecule has 0 aromatic heterocycles. The van der Waals surface area contributed by atoms with Crippen molar-refractivity contribution in [3.05, 3.63) is 0 Å². The highest BCUT2D eigenvalue weighted by atomic mass is 16.5. The van der Waals surface area contributed by atoms with Crippen LogP contribution in [0.2, 0.25) is 0 Å². The summed E-state index contributed by atoms with van der Waals surface area (Å²) in [6.07, 6.45) is 3.28. The second-order valence-electron chi connectivity index (χ2n) is 4.04. The Bertz CT molecular complexity index is 130. The van der Waals surface area contributed by atoms with Gasteiger partial charge in [0.1, 0.15) is 5.60 Å². The van der Waals surface area contributed by atoms with Crippen molar-refractivity contribution < 1.29 is 9.53 Å². The fourth-order valence-corrected chi connectivity index (χ4v) is 1.59. The quantitative estimate of drug-likeness (QED) is 0.614. The van der Waals surface area contributed by atoms with E-state index in [2.05, 4.69) is 13.8 Å². The Kier molecular flexibility index (Phi) is 4.95. The molecule has 0 fully saturated rings. The van der Waals surface area contributed by atoms with Crippen molar-refractivity contribution in [3.8, 4) is 0 Å². The van der Waals surface area contributed by atoms with Crippen LogP contribution in [0.15, 0.2) is 0 Å². The summed E-state index contributed by atoms with van der Waals surface area (Å²) in [5.74, 6) is 0.610. The van der Waals surface area contributed by atoms with Crippen molar-refractivity contribution in [2.75, 3.05) is 0 Å². The van der Waals surface area contributed by atoms with Crippen molar-refractivity contribution in [3.63, 3.8) is 0 Å². The molecule has 0 amide bonds. The summed E-state index contributed by atoms with van der Waals surface area (Å²) in [6.45, 7) is 9.69. The molecule has 0 saturated heterocycles. The average Bonchev–Trinajstić information content (AvgIpc) is 1.85. The van der Waals surface area contributed by atoms with E-state index >= 15 is 0 Å². The summed E-state index contributed by atoms with van der Waals surface area (Å²) in [6, 6.07) is 0. The molecule has 0 aliphatic carbocycles. The minimum atomic E-state index is -0.351. The minimum absolute atomic E-state index is 0.351. The fraction of sp³-hybridized carbons (Fsp3) is 0.900. The van der Waals surface area contributed by atoms with E-state index in [0.717, 1.165) is 6.42 Å². The lowest BCUT2D eigenvalue weighted by Gasteiger charge is -2.25. The zero-order valence-electron chi connectivity index (χ0n) is 8.52. The Morgan fingerprint density at radius 1 is 1.50 bits per heavy atom. The highest BCUT2D eigenvalue weighted by molar-refractivity contribution is 5.39. The molecule has 12 heavy (non-hydrogen) atoms. The highest BCUT2D eigenvalue weighted by Gasteiger charge is 2.21. The molecule has 0 aliphatic rings. The summed E-state index contributed by atoms with van der Waals surface area (Å²) in [4.78, 5) is 10.0. The summed E-state index contributed by atoms with van der Waals surface area (Å²) in [5.41, 5.74) is -0.351. The zero-order chi connectivity index (χ0) is 9.61. The molecule has 0 bridgehead atoms. The van der Waals surface area contributed by atoms with Gasteiger partial charge in [0.05, 0.1) is 0 Å². The first-order valence-electron chi connectivity index (χ1n) is 4.57. The zero-order valence-corrected chi connectivity index (χ0v) is 8.52. The van der Waals surface area contributed by atoms with E-state index in [9.17, 15) is 4.79 Å².